The van der Waals surface area contributed by atoms with Gasteiger partial charge < -0.3 is 26.6 Å². The van der Waals surface area contributed by atoms with Crippen molar-refractivity contribution in [3.8, 4) is 21.6 Å². The third-order valence-electron chi connectivity index (χ3n) is 5.92. The first-order valence-electron chi connectivity index (χ1n) is 12.2. The number of rotatable bonds is 14. The summed E-state index contributed by atoms with van der Waals surface area (Å²) in [4.78, 5) is 59.7. The second-order valence-electron chi connectivity index (χ2n) is 8.88. The lowest BCUT2D eigenvalue weighted by molar-refractivity contribution is -0.140. The van der Waals surface area contributed by atoms with E-state index in [1.165, 1.54) is 0 Å². The minimum absolute atomic E-state index is 0.0295. The number of carbonyl (C=O) groups is 5. The van der Waals surface area contributed by atoms with Crippen molar-refractivity contribution in [1.82, 2.24) is 10.6 Å². The lowest BCUT2D eigenvalue weighted by Crippen LogP contribution is -2.53. The van der Waals surface area contributed by atoms with Crippen LogP contribution in [0, 0.1) is 0 Å². The summed E-state index contributed by atoms with van der Waals surface area (Å²) in [6.45, 7) is 0. The number of nitrogens with two attached hydrogens (primary N) is 1. The highest BCUT2D eigenvalue weighted by molar-refractivity contribution is 7.14. The summed E-state index contributed by atoms with van der Waals surface area (Å²) in [6.07, 6.45) is -1.000. The third kappa shape index (κ3) is 9.08. The Morgan fingerprint density at radius 1 is 0.795 bits per heavy atom. The van der Waals surface area contributed by atoms with Crippen molar-refractivity contribution >= 4 is 41.0 Å². The van der Waals surface area contributed by atoms with Gasteiger partial charge in [-0.15, -0.1) is 11.3 Å². The Morgan fingerprint density at radius 2 is 1.49 bits per heavy atom. The van der Waals surface area contributed by atoms with Gasteiger partial charge in [-0.3, -0.25) is 24.0 Å². The molecule has 1 aromatic heterocycles. The largest absolute Gasteiger partial charge is 0.481 e. The highest BCUT2D eigenvalue weighted by Gasteiger charge is 2.27. The summed E-state index contributed by atoms with van der Waals surface area (Å²) in [5, 5.41) is 24.7. The summed E-state index contributed by atoms with van der Waals surface area (Å²) >= 11 is 1.64. The molecule has 39 heavy (non-hydrogen) atoms. The third-order valence-corrected chi connectivity index (χ3v) is 6.90. The number of hydrogen-bond donors (Lipinski definition) is 5. The quantitative estimate of drug-likeness (QED) is 0.205. The van der Waals surface area contributed by atoms with Gasteiger partial charge >= 0.3 is 11.9 Å². The maximum absolute atomic E-state index is 12.6. The van der Waals surface area contributed by atoms with Crippen LogP contribution in [0.3, 0.4) is 0 Å². The molecule has 0 spiro atoms. The van der Waals surface area contributed by atoms with E-state index in [1.54, 1.807) is 11.3 Å². The minimum atomic E-state index is -1.50. The number of carbonyl (C=O) groups excluding carboxylic acids is 3. The van der Waals surface area contributed by atoms with Crippen molar-refractivity contribution in [2.75, 3.05) is 0 Å². The lowest BCUT2D eigenvalue weighted by Gasteiger charge is -2.21. The van der Waals surface area contributed by atoms with Crippen molar-refractivity contribution in [3.63, 3.8) is 0 Å². The van der Waals surface area contributed by atoms with Gasteiger partial charge in [-0.2, -0.15) is 0 Å². The predicted octanol–water partition coefficient (Wildman–Crippen LogP) is 2.81. The van der Waals surface area contributed by atoms with Crippen LogP contribution < -0.4 is 16.4 Å². The SMILES string of the molecule is NC(=O)C(CC(=O)O)NC(=O)[C@H](CCC(=O)O)NC(=O)CCc1ccc(-c2cc(-c3ccccc3)cs2)cc1. The van der Waals surface area contributed by atoms with Gasteiger partial charge in [-0.05, 0) is 46.5 Å². The van der Waals surface area contributed by atoms with Gasteiger partial charge in [0.2, 0.25) is 17.7 Å². The molecule has 0 saturated carbocycles. The molecule has 11 heteroatoms. The molecule has 0 saturated heterocycles. The molecule has 2 aromatic carbocycles. The lowest BCUT2D eigenvalue weighted by atomic mass is 10.0. The fourth-order valence-corrected chi connectivity index (χ4v) is 4.76. The molecule has 2 atom stereocenters. The average molecular weight is 552 g/mol. The molecule has 1 heterocycles. The Bertz CT molecular complexity index is 1320. The molecule has 0 bridgehead atoms. The molecule has 0 aliphatic rings. The first-order chi connectivity index (χ1) is 18.6. The molecule has 0 radical (unpaired) electrons. The second kappa shape index (κ2) is 13.9. The van der Waals surface area contributed by atoms with Crippen LogP contribution in [0.1, 0.15) is 31.2 Å². The van der Waals surface area contributed by atoms with Gasteiger partial charge in [0.15, 0.2) is 0 Å². The Labute approximate surface area is 228 Å². The predicted molar refractivity (Wildman–Crippen MR) is 146 cm³/mol. The molecule has 204 valence electrons. The molecule has 3 amide bonds. The molecule has 10 nitrogen and oxygen atoms in total. The normalized spacial score (nSPS) is 12.2. The summed E-state index contributed by atoms with van der Waals surface area (Å²) in [5.74, 6) is -4.97. The van der Waals surface area contributed by atoms with E-state index in [9.17, 15) is 24.0 Å². The van der Waals surface area contributed by atoms with Crippen LogP contribution in [-0.4, -0.2) is 52.0 Å². The molecule has 1 unspecified atom stereocenters. The van der Waals surface area contributed by atoms with Gasteiger partial charge in [-0.1, -0.05) is 54.6 Å². The highest BCUT2D eigenvalue weighted by Crippen LogP contribution is 2.32. The zero-order valence-electron chi connectivity index (χ0n) is 21.0. The number of carboxylic acids is 2. The summed E-state index contributed by atoms with van der Waals surface area (Å²) < 4.78 is 0. The monoisotopic (exact) mass is 551 g/mol. The number of hydrogen-bond acceptors (Lipinski definition) is 6. The average Bonchev–Trinajstić information content (AvgIpc) is 3.40. The van der Waals surface area contributed by atoms with Crippen LogP contribution in [0.2, 0.25) is 0 Å². The maximum Gasteiger partial charge on any atom is 0.305 e. The molecule has 3 rings (SSSR count). The van der Waals surface area contributed by atoms with E-state index in [2.05, 4.69) is 34.2 Å². The first-order valence-corrected chi connectivity index (χ1v) is 13.1. The topological polar surface area (TPSA) is 176 Å². The Morgan fingerprint density at radius 3 is 2.10 bits per heavy atom. The van der Waals surface area contributed by atoms with Crippen molar-refractivity contribution in [1.29, 1.82) is 0 Å². The second-order valence-corrected chi connectivity index (χ2v) is 9.79. The van der Waals surface area contributed by atoms with Gasteiger partial charge in [0.25, 0.3) is 0 Å². The number of primary amides is 1. The molecule has 3 aromatic rings. The van der Waals surface area contributed by atoms with Crippen molar-refractivity contribution < 1.29 is 34.2 Å². The van der Waals surface area contributed by atoms with E-state index in [1.807, 2.05) is 42.5 Å². The van der Waals surface area contributed by atoms with Crippen LogP contribution in [0.25, 0.3) is 21.6 Å². The smallest absolute Gasteiger partial charge is 0.305 e. The van der Waals surface area contributed by atoms with Crippen LogP contribution in [0.15, 0.2) is 66.0 Å². The number of amides is 3. The van der Waals surface area contributed by atoms with Crippen LogP contribution in [0.4, 0.5) is 0 Å². The number of benzene rings is 2. The van der Waals surface area contributed by atoms with E-state index in [-0.39, 0.29) is 12.8 Å². The number of aryl methyl sites for hydroxylation is 1. The van der Waals surface area contributed by atoms with Crippen LogP contribution in [-0.2, 0) is 30.4 Å². The fourth-order valence-electron chi connectivity index (χ4n) is 3.84. The first kappa shape index (κ1) is 29.1. The van der Waals surface area contributed by atoms with E-state index in [0.717, 1.165) is 27.1 Å². The summed E-state index contributed by atoms with van der Waals surface area (Å²) in [6, 6.07) is 17.2. The molecule has 0 aliphatic heterocycles. The van der Waals surface area contributed by atoms with Crippen molar-refractivity contribution in [2.45, 2.75) is 44.2 Å². The van der Waals surface area contributed by atoms with Crippen LogP contribution in [0.5, 0.6) is 0 Å². The summed E-state index contributed by atoms with van der Waals surface area (Å²) in [5.41, 5.74) is 9.38. The van der Waals surface area contributed by atoms with Gasteiger partial charge in [0.05, 0.1) is 6.42 Å². The molecular formula is C28H29N3O7S. The molecular weight excluding hydrogens is 522 g/mol. The Hall–Kier alpha value is -4.51. The van der Waals surface area contributed by atoms with Crippen molar-refractivity contribution in [2.24, 2.45) is 5.73 Å². The Kier molecular flexibility index (Phi) is 10.3. The van der Waals surface area contributed by atoms with Crippen LogP contribution >= 0.6 is 11.3 Å². The van der Waals surface area contributed by atoms with E-state index < -0.39 is 54.6 Å². The zero-order chi connectivity index (χ0) is 28.4. The number of nitrogens with one attached hydrogen (secondary N) is 2. The van der Waals surface area contributed by atoms with Gasteiger partial charge in [-0.25, -0.2) is 0 Å². The minimum Gasteiger partial charge on any atom is -0.481 e. The molecule has 6 N–H and O–H groups in total. The molecule has 0 aliphatic carbocycles. The summed E-state index contributed by atoms with van der Waals surface area (Å²) in [7, 11) is 0. The fraction of sp³-hybridized carbons (Fsp3) is 0.250. The molecule has 0 fully saturated rings. The number of aliphatic carboxylic acids is 2. The Balaban J connectivity index is 1.58. The highest BCUT2D eigenvalue weighted by atomic mass is 32.1. The zero-order valence-corrected chi connectivity index (χ0v) is 21.8. The number of thiophene rings is 1. The van der Waals surface area contributed by atoms with E-state index in [4.69, 9.17) is 15.9 Å². The van der Waals surface area contributed by atoms with Gasteiger partial charge in [0.1, 0.15) is 12.1 Å². The van der Waals surface area contributed by atoms with E-state index in [0.29, 0.717) is 6.42 Å². The maximum atomic E-state index is 12.6. The van der Waals surface area contributed by atoms with Crippen molar-refractivity contribution in [3.05, 3.63) is 71.6 Å². The van der Waals surface area contributed by atoms with Gasteiger partial charge in [0, 0.05) is 17.7 Å². The standard InChI is InChI=1S/C28H29N3O7S/c29-27(37)22(15-26(35)36)31-28(38)21(11-13-25(33)34)30-24(32)12-8-17-6-9-19(10-7-17)23-14-20(16-39-23)18-4-2-1-3-5-18/h1-7,9-10,14,16,21-22H,8,11-13,15H2,(H2,29,37)(H,30,32)(H,31,38)(H,33,34)(H,35,36)/t21-,22?/m0/s1. The number of carboxylic acid groups (broad SMARTS) is 2. The van der Waals surface area contributed by atoms with E-state index >= 15 is 0 Å².